The van der Waals surface area contributed by atoms with Crippen LogP contribution in [-0.2, 0) is 9.53 Å². The zero-order chi connectivity index (χ0) is 8.20. The van der Waals surface area contributed by atoms with Crippen molar-refractivity contribution in [2.45, 2.75) is 12.3 Å². The van der Waals surface area contributed by atoms with Crippen LogP contribution < -0.4 is 0 Å². The summed E-state index contributed by atoms with van der Waals surface area (Å²) < 4.78 is 28.4. The highest BCUT2D eigenvalue weighted by Gasteiger charge is 2.31. The van der Waals surface area contributed by atoms with Crippen LogP contribution in [-0.4, -0.2) is 30.7 Å². The van der Waals surface area contributed by atoms with Gasteiger partial charge in [-0.25, -0.2) is 8.78 Å². The van der Waals surface area contributed by atoms with Crippen LogP contribution in [0.4, 0.5) is 8.78 Å². The molecule has 0 aliphatic carbocycles. The van der Waals surface area contributed by atoms with E-state index < -0.39 is 24.9 Å². The smallest absolute Gasteiger partial charge is 0.309 e. The monoisotopic (exact) mass is 154 g/mol. The van der Waals surface area contributed by atoms with Gasteiger partial charge in [0.15, 0.2) is 0 Å². The third kappa shape index (κ3) is 4.20. The fourth-order valence-electron chi connectivity index (χ4n) is 0.483. The molecular weight excluding hydrogens is 146 g/mol. The normalized spacial score (nSPS) is 11.5. The number of halogens is 2. The van der Waals surface area contributed by atoms with Crippen molar-refractivity contribution >= 4 is 5.97 Å². The van der Waals surface area contributed by atoms with E-state index in [4.69, 9.17) is 5.11 Å². The molecule has 0 unspecified atom stereocenters. The summed E-state index contributed by atoms with van der Waals surface area (Å²) in [4.78, 5) is 9.75. The van der Waals surface area contributed by atoms with Crippen LogP contribution >= 0.6 is 0 Å². The molecule has 0 rings (SSSR count). The van der Waals surface area contributed by atoms with Crippen molar-refractivity contribution in [2.24, 2.45) is 0 Å². The topological polar surface area (TPSA) is 46.5 Å². The van der Waals surface area contributed by atoms with E-state index in [2.05, 4.69) is 4.74 Å². The average molecular weight is 154 g/mol. The molecule has 0 aliphatic heterocycles. The standard InChI is InChI=1S/C5H8F2O3/c1-10-3-5(6,7)2-4(8)9/h2-3H2,1H3,(H,8,9). The average Bonchev–Trinajstić information content (AvgIpc) is 1.59. The van der Waals surface area contributed by atoms with Gasteiger partial charge in [-0.15, -0.1) is 0 Å². The summed E-state index contributed by atoms with van der Waals surface area (Å²) in [5, 5.41) is 7.94. The first kappa shape index (κ1) is 9.29. The van der Waals surface area contributed by atoms with Gasteiger partial charge in [0.25, 0.3) is 5.92 Å². The van der Waals surface area contributed by atoms with E-state index in [1.54, 1.807) is 0 Å². The molecule has 0 radical (unpaired) electrons. The Bertz CT molecular complexity index is 124. The largest absolute Gasteiger partial charge is 0.481 e. The highest BCUT2D eigenvalue weighted by molar-refractivity contribution is 5.67. The zero-order valence-electron chi connectivity index (χ0n) is 5.43. The molecule has 0 aromatic rings. The maximum Gasteiger partial charge on any atom is 0.309 e. The van der Waals surface area contributed by atoms with Gasteiger partial charge < -0.3 is 9.84 Å². The van der Waals surface area contributed by atoms with Gasteiger partial charge >= 0.3 is 5.97 Å². The second-order valence-corrected chi connectivity index (χ2v) is 1.86. The first-order chi connectivity index (χ1) is 4.48. The summed E-state index contributed by atoms with van der Waals surface area (Å²) in [6.45, 7) is -0.848. The number of hydrogen-bond donors (Lipinski definition) is 1. The molecule has 0 saturated heterocycles. The molecule has 1 N–H and O–H groups in total. The Morgan fingerprint density at radius 3 is 2.50 bits per heavy atom. The zero-order valence-corrected chi connectivity index (χ0v) is 5.43. The number of ether oxygens (including phenoxy) is 1. The van der Waals surface area contributed by atoms with Crippen molar-refractivity contribution in [3.8, 4) is 0 Å². The van der Waals surface area contributed by atoms with Crippen molar-refractivity contribution in [3.63, 3.8) is 0 Å². The Labute approximate surface area is 56.6 Å². The molecule has 0 aliphatic rings. The Morgan fingerprint density at radius 2 is 2.20 bits per heavy atom. The van der Waals surface area contributed by atoms with Crippen molar-refractivity contribution in [1.82, 2.24) is 0 Å². The summed E-state index contributed by atoms with van der Waals surface area (Å²) >= 11 is 0. The van der Waals surface area contributed by atoms with Crippen LogP contribution in [0.1, 0.15) is 6.42 Å². The number of hydrogen-bond acceptors (Lipinski definition) is 2. The number of rotatable bonds is 4. The van der Waals surface area contributed by atoms with E-state index in [0.717, 1.165) is 7.11 Å². The van der Waals surface area contributed by atoms with Crippen LogP contribution in [0, 0.1) is 0 Å². The number of aliphatic carboxylic acids is 1. The van der Waals surface area contributed by atoms with Crippen molar-refractivity contribution < 1.29 is 23.4 Å². The number of carboxylic acid groups (broad SMARTS) is 1. The van der Waals surface area contributed by atoms with Crippen molar-refractivity contribution in [1.29, 1.82) is 0 Å². The molecule has 0 atom stereocenters. The van der Waals surface area contributed by atoms with E-state index in [0.29, 0.717) is 0 Å². The molecule has 10 heavy (non-hydrogen) atoms. The Morgan fingerprint density at radius 1 is 1.70 bits per heavy atom. The highest BCUT2D eigenvalue weighted by atomic mass is 19.3. The first-order valence-corrected chi connectivity index (χ1v) is 2.56. The van der Waals surface area contributed by atoms with Gasteiger partial charge in [0, 0.05) is 7.11 Å². The fourth-order valence-corrected chi connectivity index (χ4v) is 0.483. The molecule has 0 bridgehead atoms. The molecule has 0 saturated carbocycles. The van der Waals surface area contributed by atoms with Gasteiger partial charge in [0.2, 0.25) is 0 Å². The summed E-state index contributed by atoms with van der Waals surface area (Å²) in [7, 11) is 1.09. The van der Waals surface area contributed by atoms with Crippen LogP contribution in [0.25, 0.3) is 0 Å². The van der Waals surface area contributed by atoms with E-state index >= 15 is 0 Å². The Balaban J connectivity index is 3.74. The third-order valence-electron chi connectivity index (χ3n) is 0.765. The van der Waals surface area contributed by atoms with E-state index in [9.17, 15) is 13.6 Å². The minimum Gasteiger partial charge on any atom is -0.481 e. The van der Waals surface area contributed by atoms with Gasteiger partial charge in [-0.3, -0.25) is 4.79 Å². The Kier molecular flexibility index (Phi) is 3.21. The van der Waals surface area contributed by atoms with Crippen molar-refractivity contribution in [3.05, 3.63) is 0 Å². The summed E-state index contributed by atoms with van der Waals surface area (Å²) in [6, 6.07) is 0. The van der Waals surface area contributed by atoms with Crippen molar-refractivity contribution in [2.75, 3.05) is 13.7 Å². The van der Waals surface area contributed by atoms with Gasteiger partial charge in [0.05, 0.1) is 0 Å². The second kappa shape index (κ2) is 3.46. The summed E-state index contributed by atoms with van der Waals surface area (Å²) in [5.41, 5.74) is 0. The molecule has 0 amide bonds. The molecule has 0 aromatic carbocycles. The molecule has 3 nitrogen and oxygen atoms in total. The van der Waals surface area contributed by atoms with Crippen LogP contribution in [0.3, 0.4) is 0 Å². The lowest BCUT2D eigenvalue weighted by Gasteiger charge is -2.11. The van der Waals surface area contributed by atoms with Gasteiger partial charge in [0.1, 0.15) is 13.0 Å². The quantitative estimate of drug-likeness (QED) is 0.649. The predicted octanol–water partition coefficient (Wildman–Crippen LogP) is 0.743. The maximum absolute atomic E-state index is 12.2. The lowest BCUT2D eigenvalue weighted by molar-refractivity contribution is -0.148. The number of carboxylic acids is 1. The third-order valence-corrected chi connectivity index (χ3v) is 0.765. The maximum atomic E-state index is 12.2. The SMILES string of the molecule is COCC(F)(F)CC(=O)O. The minimum atomic E-state index is -3.25. The van der Waals surface area contributed by atoms with Crippen LogP contribution in [0.5, 0.6) is 0 Å². The molecular formula is C5H8F2O3. The fraction of sp³-hybridized carbons (Fsp3) is 0.800. The molecule has 0 heterocycles. The molecule has 60 valence electrons. The number of carbonyl (C=O) groups is 1. The predicted molar refractivity (Wildman–Crippen MR) is 29.1 cm³/mol. The van der Waals surface area contributed by atoms with Gasteiger partial charge in [-0.1, -0.05) is 0 Å². The minimum absolute atomic E-state index is 0.848. The molecule has 0 fully saturated rings. The summed E-state index contributed by atoms with van der Waals surface area (Å²) in [6.07, 6.45) is -1.18. The highest BCUT2D eigenvalue weighted by Crippen LogP contribution is 2.17. The first-order valence-electron chi connectivity index (χ1n) is 2.56. The lowest BCUT2D eigenvalue weighted by Crippen LogP contribution is -2.26. The van der Waals surface area contributed by atoms with Crippen LogP contribution in [0.15, 0.2) is 0 Å². The van der Waals surface area contributed by atoms with Crippen LogP contribution in [0.2, 0.25) is 0 Å². The Hall–Kier alpha value is -0.710. The van der Waals surface area contributed by atoms with E-state index in [1.165, 1.54) is 0 Å². The number of alkyl halides is 2. The van der Waals surface area contributed by atoms with E-state index in [-0.39, 0.29) is 0 Å². The number of methoxy groups -OCH3 is 1. The second-order valence-electron chi connectivity index (χ2n) is 1.86. The van der Waals surface area contributed by atoms with Gasteiger partial charge in [-0.2, -0.15) is 0 Å². The molecule has 0 spiro atoms. The lowest BCUT2D eigenvalue weighted by atomic mass is 10.2. The molecule has 5 heteroatoms. The van der Waals surface area contributed by atoms with Gasteiger partial charge in [-0.05, 0) is 0 Å². The molecule has 0 aromatic heterocycles. The van der Waals surface area contributed by atoms with E-state index in [1.807, 2.05) is 0 Å². The summed E-state index contributed by atoms with van der Waals surface area (Å²) in [5.74, 6) is -4.78.